The molecule has 2 aliphatic rings. The highest BCUT2D eigenvalue weighted by molar-refractivity contribution is 9.10. The van der Waals surface area contributed by atoms with Crippen LogP contribution in [0.1, 0.15) is 12.8 Å². The minimum atomic E-state index is -0.536. The van der Waals surface area contributed by atoms with Crippen molar-refractivity contribution in [2.24, 2.45) is 5.92 Å². The van der Waals surface area contributed by atoms with E-state index in [1.807, 2.05) is 16.8 Å². The van der Waals surface area contributed by atoms with Crippen LogP contribution in [0.15, 0.2) is 16.6 Å². The molecule has 0 radical (unpaired) electrons. The minimum Gasteiger partial charge on any atom is -0.490 e. The molecule has 2 aromatic rings. The van der Waals surface area contributed by atoms with E-state index in [4.69, 9.17) is 9.47 Å². The first-order valence-corrected chi connectivity index (χ1v) is 9.62. The monoisotopic (exact) mass is 410 g/mol. The summed E-state index contributed by atoms with van der Waals surface area (Å²) < 4.78 is 13.9. The zero-order valence-electron chi connectivity index (χ0n) is 14.1. The lowest BCUT2D eigenvalue weighted by atomic mass is 10.2. The van der Waals surface area contributed by atoms with Gasteiger partial charge in [-0.1, -0.05) is 5.21 Å². The molecule has 1 aromatic carbocycles. The molecular formula is C17H23BrN4O3. The summed E-state index contributed by atoms with van der Waals surface area (Å²) in [5, 5.41) is 18.8. The van der Waals surface area contributed by atoms with Gasteiger partial charge >= 0.3 is 0 Å². The zero-order valence-corrected chi connectivity index (χ0v) is 15.7. The third kappa shape index (κ3) is 4.13. The van der Waals surface area contributed by atoms with Gasteiger partial charge in [-0.25, -0.2) is 4.68 Å². The number of hydrogen-bond donors (Lipinski definition) is 1. The predicted octanol–water partition coefficient (Wildman–Crippen LogP) is 1.68. The molecule has 2 fully saturated rings. The Morgan fingerprint density at radius 3 is 2.88 bits per heavy atom. The highest BCUT2D eigenvalue weighted by atomic mass is 79.9. The van der Waals surface area contributed by atoms with Crippen molar-refractivity contribution in [2.75, 3.05) is 39.5 Å². The second-order valence-electron chi connectivity index (χ2n) is 6.84. The molecule has 2 heterocycles. The van der Waals surface area contributed by atoms with Gasteiger partial charge in [-0.15, -0.1) is 5.10 Å². The topological polar surface area (TPSA) is 72.6 Å². The standard InChI is InChI=1S/C17H23BrN4O3/c18-16-15(25-11-13(23)10-21-5-7-24-8-6-21)4-3-14-17(16)19-20-22(14)9-12-1-2-12/h3-4,12-13,23H,1-2,5-11H2. The number of benzene rings is 1. The van der Waals surface area contributed by atoms with Gasteiger partial charge in [0.2, 0.25) is 0 Å². The maximum absolute atomic E-state index is 10.2. The van der Waals surface area contributed by atoms with Crippen LogP contribution in [0, 0.1) is 5.92 Å². The van der Waals surface area contributed by atoms with Crippen LogP contribution in [0.2, 0.25) is 0 Å². The van der Waals surface area contributed by atoms with Crippen LogP contribution >= 0.6 is 15.9 Å². The number of ether oxygens (including phenoxy) is 2. The molecule has 1 aromatic heterocycles. The molecule has 0 bridgehead atoms. The fraction of sp³-hybridized carbons (Fsp3) is 0.647. The molecule has 0 spiro atoms. The molecule has 25 heavy (non-hydrogen) atoms. The van der Waals surface area contributed by atoms with Crippen LogP contribution in [-0.2, 0) is 11.3 Å². The lowest BCUT2D eigenvalue weighted by Gasteiger charge is -2.28. The zero-order chi connectivity index (χ0) is 17.2. The van der Waals surface area contributed by atoms with Crippen molar-refractivity contribution in [1.29, 1.82) is 0 Å². The number of nitrogens with zero attached hydrogens (tertiary/aromatic N) is 4. The van der Waals surface area contributed by atoms with Gasteiger partial charge in [0, 0.05) is 26.2 Å². The predicted molar refractivity (Wildman–Crippen MR) is 96.7 cm³/mol. The summed E-state index contributed by atoms with van der Waals surface area (Å²) in [6.45, 7) is 4.95. The van der Waals surface area contributed by atoms with Crippen LogP contribution in [0.3, 0.4) is 0 Å². The molecule has 136 valence electrons. The molecule has 1 saturated heterocycles. The number of halogens is 1. The Kier molecular flexibility index (Phi) is 5.21. The maximum atomic E-state index is 10.2. The quantitative estimate of drug-likeness (QED) is 0.748. The van der Waals surface area contributed by atoms with Gasteiger partial charge in [-0.3, -0.25) is 4.90 Å². The third-order valence-electron chi connectivity index (χ3n) is 4.72. The van der Waals surface area contributed by atoms with Crippen molar-refractivity contribution in [1.82, 2.24) is 19.9 Å². The van der Waals surface area contributed by atoms with E-state index in [0.29, 0.717) is 12.3 Å². The Hall–Kier alpha value is -1.22. The average molecular weight is 411 g/mol. The molecule has 0 amide bonds. The summed E-state index contributed by atoms with van der Waals surface area (Å²) in [5.41, 5.74) is 1.82. The number of aliphatic hydroxyl groups is 1. The Balaban J connectivity index is 1.38. The van der Waals surface area contributed by atoms with Gasteiger partial charge in [-0.2, -0.15) is 0 Å². The normalized spacial score (nSPS) is 20.1. The van der Waals surface area contributed by atoms with E-state index in [1.54, 1.807) is 0 Å². The minimum absolute atomic E-state index is 0.248. The summed E-state index contributed by atoms with van der Waals surface area (Å²) in [6.07, 6.45) is 2.03. The van der Waals surface area contributed by atoms with E-state index >= 15 is 0 Å². The molecule has 7 nitrogen and oxygen atoms in total. The SMILES string of the molecule is OC(COc1ccc2c(nnn2CC2CC2)c1Br)CN1CCOCC1. The maximum Gasteiger partial charge on any atom is 0.136 e. The lowest BCUT2D eigenvalue weighted by Crippen LogP contribution is -2.42. The fourth-order valence-electron chi connectivity index (χ4n) is 3.10. The molecule has 1 aliphatic heterocycles. The van der Waals surface area contributed by atoms with Crippen LogP contribution < -0.4 is 4.74 Å². The third-order valence-corrected chi connectivity index (χ3v) is 5.49. The first-order valence-electron chi connectivity index (χ1n) is 8.83. The van der Waals surface area contributed by atoms with E-state index in [-0.39, 0.29) is 6.61 Å². The van der Waals surface area contributed by atoms with Crippen molar-refractivity contribution < 1.29 is 14.6 Å². The largest absolute Gasteiger partial charge is 0.490 e. The fourth-order valence-corrected chi connectivity index (χ4v) is 3.63. The second kappa shape index (κ2) is 7.57. The van der Waals surface area contributed by atoms with Crippen LogP contribution in [0.5, 0.6) is 5.75 Å². The number of rotatable bonds is 7. The highest BCUT2D eigenvalue weighted by Gasteiger charge is 2.24. The number of aromatic nitrogens is 3. The number of aliphatic hydroxyl groups excluding tert-OH is 1. The summed E-state index contributed by atoms with van der Waals surface area (Å²) in [6, 6.07) is 3.91. The smallest absolute Gasteiger partial charge is 0.136 e. The molecule has 1 aliphatic carbocycles. The van der Waals surface area contributed by atoms with Crippen LogP contribution in [0.4, 0.5) is 0 Å². The Morgan fingerprint density at radius 2 is 2.12 bits per heavy atom. The highest BCUT2D eigenvalue weighted by Crippen LogP contribution is 2.34. The van der Waals surface area contributed by atoms with Gasteiger partial charge < -0.3 is 14.6 Å². The van der Waals surface area contributed by atoms with Crippen LogP contribution in [-0.4, -0.2) is 70.6 Å². The molecular weight excluding hydrogens is 388 g/mol. The number of morpholine rings is 1. The summed E-state index contributed by atoms with van der Waals surface area (Å²) in [7, 11) is 0. The van der Waals surface area contributed by atoms with Gasteiger partial charge in [0.25, 0.3) is 0 Å². The van der Waals surface area contributed by atoms with Crippen molar-refractivity contribution in [2.45, 2.75) is 25.5 Å². The first kappa shape index (κ1) is 17.2. The summed E-state index contributed by atoms with van der Waals surface area (Å²) in [5.74, 6) is 1.43. The van der Waals surface area contributed by atoms with Crippen molar-refractivity contribution in [3.05, 3.63) is 16.6 Å². The Labute approximate surface area is 155 Å². The Bertz CT molecular complexity index is 728. The molecule has 1 N–H and O–H groups in total. The van der Waals surface area contributed by atoms with Crippen molar-refractivity contribution in [3.8, 4) is 5.75 Å². The van der Waals surface area contributed by atoms with E-state index in [2.05, 4.69) is 31.1 Å². The van der Waals surface area contributed by atoms with Gasteiger partial charge in [0.1, 0.15) is 24.0 Å². The van der Waals surface area contributed by atoms with Crippen molar-refractivity contribution in [3.63, 3.8) is 0 Å². The van der Waals surface area contributed by atoms with Gasteiger partial charge in [-0.05, 0) is 46.8 Å². The van der Waals surface area contributed by atoms with E-state index < -0.39 is 6.10 Å². The van der Waals surface area contributed by atoms with Crippen molar-refractivity contribution >= 4 is 27.0 Å². The Morgan fingerprint density at radius 1 is 1.32 bits per heavy atom. The number of hydrogen-bond acceptors (Lipinski definition) is 6. The van der Waals surface area contributed by atoms with Gasteiger partial charge in [0.15, 0.2) is 0 Å². The first-order chi connectivity index (χ1) is 12.2. The summed E-state index contributed by atoms with van der Waals surface area (Å²) >= 11 is 3.58. The lowest BCUT2D eigenvalue weighted by molar-refractivity contribution is 0.00460. The summed E-state index contributed by atoms with van der Waals surface area (Å²) in [4.78, 5) is 2.19. The molecule has 4 rings (SSSR count). The average Bonchev–Trinajstić information content (AvgIpc) is 3.34. The van der Waals surface area contributed by atoms with E-state index in [0.717, 1.165) is 54.3 Å². The molecule has 1 atom stereocenters. The molecule has 1 unspecified atom stereocenters. The van der Waals surface area contributed by atoms with E-state index in [1.165, 1.54) is 12.8 Å². The molecule has 8 heteroatoms. The van der Waals surface area contributed by atoms with Crippen LogP contribution in [0.25, 0.3) is 11.0 Å². The number of fused-ring (bicyclic) bond motifs is 1. The van der Waals surface area contributed by atoms with Gasteiger partial charge in [0.05, 0.1) is 23.2 Å². The second-order valence-corrected chi connectivity index (χ2v) is 7.63. The van der Waals surface area contributed by atoms with E-state index in [9.17, 15) is 5.11 Å². The number of β-amino-alcohol motifs (C(OH)–C–C–N with tert-alkyl or cyclic N) is 1. The molecule has 1 saturated carbocycles.